The van der Waals surface area contributed by atoms with E-state index in [1.54, 1.807) is 14.2 Å². The van der Waals surface area contributed by atoms with Crippen molar-refractivity contribution in [1.29, 1.82) is 0 Å². The Kier molecular flexibility index (Phi) is 6.18. The highest BCUT2D eigenvalue weighted by atomic mass is 16.5. The van der Waals surface area contributed by atoms with E-state index < -0.39 is 12.0 Å². The number of rotatable bonds is 8. The Balaban J connectivity index is 2.26. The lowest BCUT2D eigenvalue weighted by atomic mass is 10.1. The average molecular weight is 252 g/mol. The standard InChI is InChI=1S/C13H20N2O3/c1-14-12(13(16)17)9-15-8-7-10-3-5-11(18-2)6-4-10/h3-6,12,14-15H,7-9H2,1-2H3,(H,16,17). The highest BCUT2D eigenvalue weighted by molar-refractivity contribution is 5.73. The zero-order valence-corrected chi connectivity index (χ0v) is 10.8. The molecule has 18 heavy (non-hydrogen) atoms. The maximum atomic E-state index is 10.7. The zero-order valence-electron chi connectivity index (χ0n) is 10.8. The number of methoxy groups -OCH3 is 1. The fraction of sp³-hybridized carbons (Fsp3) is 0.462. The summed E-state index contributed by atoms with van der Waals surface area (Å²) in [7, 11) is 3.28. The minimum Gasteiger partial charge on any atom is -0.497 e. The molecule has 0 saturated heterocycles. The van der Waals surface area contributed by atoms with E-state index in [-0.39, 0.29) is 0 Å². The smallest absolute Gasteiger partial charge is 0.322 e. The molecule has 1 rings (SSSR count). The average Bonchev–Trinajstić information content (AvgIpc) is 2.39. The number of benzene rings is 1. The van der Waals surface area contributed by atoms with Crippen molar-refractivity contribution in [2.45, 2.75) is 12.5 Å². The summed E-state index contributed by atoms with van der Waals surface area (Å²) in [6.07, 6.45) is 0.861. The molecule has 1 unspecified atom stereocenters. The predicted octanol–water partition coefficient (Wildman–Crippen LogP) is 0.500. The fourth-order valence-corrected chi connectivity index (χ4v) is 1.58. The van der Waals surface area contributed by atoms with Crippen molar-refractivity contribution in [3.63, 3.8) is 0 Å². The summed E-state index contributed by atoms with van der Waals surface area (Å²) in [6, 6.07) is 7.31. The second-order valence-corrected chi connectivity index (χ2v) is 3.98. The molecule has 100 valence electrons. The quantitative estimate of drug-likeness (QED) is 0.588. The molecule has 0 aliphatic heterocycles. The summed E-state index contributed by atoms with van der Waals surface area (Å²) >= 11 is 0. The van der Waals surface area contributed by atoms with Crippen molar-refractivity contribution >= 4 is 5.97 Å². The number of carboxylic acid groups (broad SMARTS) is 1. The molecule has 0 fully saturated rings. The Morgan fingerprint density at radius 1 is 1.39 bits per heavy atom. The first-order chi connectivity index (χ1) is 8.67. The third-order valence-corrected chi connectivity index (χ3v) is 2.74. The number of aliphatic carboxylic acids is 1. The molecule has 0 heterocycles. The van der Waals surface area contributed by atoms with Gasteiger partial charge in [0.1, 0.15) is 11.8 Å². The lowest BCUT2D eigenvalue weighted by molar-refractivity contribution is -0.139. The van der Waals surface area contributed by atoms with Crippen LogP contribution in [0.3, 0.4) is 0 Å². The van der Waals surface area contributed by atoms with E-state index in [2.05, 4.69) is 10.6 Å². The number of ether oxygens (including phenoxy) is 1. The van der Waals surface area contributed by atoms with Crippen LogP contribution in [0.25, 0.3) is 0 Å². The molecule has 0 spiro atoms. The van der Waals surface area contributed by atoms with Gasteiger partial charge in [0.05, 0.1) is 7.11 Å². The van der Waals surface area contributed by atoms with E-state index in [0.29, 0.717) is 6.54 Å². The summed E-state index contributed by atoms with van der Waals surface area (Å²) in [5.41, 5.74) is 1.19. The number of carbonyl (C=O) groups is 1. The monoisotopic (exact) mass is 252 g/mol. The molecule has 1 atom stereocenters. The van der Waals surface area contributed by atoms with Crippen LogP contribution in [0, 0.1) is 0 Å². The second kappa shape index (κ2) is 7.68. The number of hydrogen-bond acceptors (Lipinski definition) is 4. The molecule has 1 aromatic carbocycles. The first-order valence-corrected chi connectivity index (χ1v) is 5.91. The van der Waals surface area contributed by atoms with Crippen LogP contribution in [0.2, 0.25) is 0 Å². The normalized spacial score (nSPS) is 12.1. The van der Waals surface area contributed by atoms with E-state index in [1.807, 2.05) is 24.3 Å². The van der Waals surface area contributed by atoms with Crippen LogP contribution >= 0.6 is 0 Å². The van der Waals surface area contributed by atoms with Gasteiger partial charge in [0.15, 0.2) is 0 Å². The van der Waals surface area contributed by atoms with Crippen LogP contribution in [0.4, 0.5) is 0 Å². The molecular weight excluding hydrogens is 232 g/mol. The van der Waals surface area contributed by atoms with Crippen molar-refractivity contribution in [2.24, 2.45) is 0 Å². The summed E-state index contributed by atoms with van der Waals surface area (Å²) in [4.78, 5) is 10.7. The van der Waals surface area contributed by atoms with Gasteiger partial charge in [-0.3, -0.25) is 4.79 Å². The van der Waals surface area contributed by atoms with Gasteiger partial charge in [0.25, 0.3) is 0 Å². The van der Waals surface area contributed by atoms with Crippen molar-refractivity contribution in [3.8, 4) is 5.75 Å². The lowest BCUT2D eigenvalue weighted by Gasteiger charge is -2.12. The predicted molar refractivity (Wildman–Crippen MR) is 70.1 cm³/mol. The Labute approximate surface area is 107 Å². The number of carboxylic acids is 1. The van der Waals surface area contributed by atoms with E-state index in [0.717, 1.165) is 18.7 Å². The lowest BCUT2D eigenvalue weighted by Crippen LogP contribution is -2.43. The van der Waals surface area contributed by atoms with Gasteiger partial charge < -0.3 is 20.5 Å². The van der Waals surface area contributed by atoms with E-state index in [4.69, 9.17) is 9.84 Å². The molecule has 5 heteroatoms. The van der Waals surface area contributed by atoms with Gasteiger partial charge in [-0.25, -0.2) is 0 Å². The molecule has 0 radical (unpaired) electrons. The Bertz CT molecular complexity index is 365. The van der Waals surface area contributed by atoms with Crippen molar-refractivity contribution in [2.75, 3.05) is 27.2 Å². The number of nitrogens with one attached hydrogen (secondary N) is 2. The maximum Gasteiger partial charge on any atom is 0.322 e. The molecule has 0 aliphatic carbocycles. The summed E-state index contributed by atoms with van der Waals surface area (Å²) in [5.74, 6) is 0.00211. The minimum atomic E-state index is -0.838. The van der Waals surface area contributed by atoms with Crippen molar-refractivity contribution in [3.05, 3.63) is 29.8 Å². The molecule has 0 aliphatic rings. The van der Waals surface area contributed by atoms with E-state index in [1.165, 1.54) is 5.56 Å². The van der Waals surface area contributed by atoms with Crippen LogP contribution in [0.1, 0.15) is 5.56 Å². The molecule has 3 N–H and O–H groups in total. The third kappa shape index (κ3) is 4.73. The Morgan fingerprint density at radius 3 is 2.56 bits per heavy atom. The van der Waals surface area contributed by atoms with Crippen molar-refractivity contribution in [1.82, 2.24) is 10.6 Å². The molecule has 0 aromatic heterocycles. The number of hydrogen-bond donors (Lipinski definition) is 3. The SMILES string of the molecule is CNC(CNCCc1ccc(OC)cc1)C(=O)O. The molecule has 5 nitrogen and oxygen atoms in total. The fourth-order valence-electron chi connectivity index (χ4n) is 1.58. The molecule has 0 saturated carbocycles. The van der Waals surface area contributed by atoms with Crippen molar-refractivity contribution < 1.29 is 14.6 Å². The first-order valence-electron chi connectivity index (χ1n) is 5.91. The van der Waals surface area contributed by atoms with Gasteiger partial charge in [0.2, 0.25) is 0 Å². The molecule has 0 bridgehead atoms. The second-order valence-electron chi connectivity index (χ2n) is 3.98. The minimum absolute atomic E-state index is 0.419. The van der Waals surface area contributed by atoms with Gasteiger partial charge in [-0.2, -0.15) is 0 Å². The van der Waals surface area contributed by atoms with Gasteiger partial charge in [0, 0.05) is 6.54 Å². The third-order valence-electron chi connectivity index (χ3n) is 2.74. The number of likely N-dealkylation sites (N-methyl/N-ethyl adjacent to an activating group) is 1. The topological polar surface area (TPSA) is 70.6 Å². The summed E-state index contributed by atoms with van der Waals surface area (Å²) in [6.45, 7) is 1.17. The van der Waals surface area contributed by atoms with Gasteiger partial charge >= 0.3 is 5.97 Å². The Hall–Kier alpha value is -1.59. The summed E-state index contributed by atoms with van der Waals surface area (Å²) in [5, 5.41) is 14.7. The van der Waals surface area contributed by atoms with Gasteiger partial charge in [-0.1, -0.05) is 12.1 Å². The van der Waals surface area contributed by atoms with Crippen LogP contribution in [-0.2, 0) is 11.2 Å². The van der Waals surface area contributed by atoms with Crippen LogP contribution in [0.15, 0.2) is 24.3 Å². The molecule has 1 aromatic rings. The van der Waals surface area contributed by atoms with Crippen LogP contribution < -0.4 is 15.4 Å². The van der Waals surface area contributed by atoms with Gasteiger partial charge in [-0.05, 0) is 37.7 Å². The first kappa shape index (κ1) is 14.5. The highest BCUT2D eigenvalue weighted by Gasteiger charge is 2.13. The molecular formula is C13H20N2O3. The highest BCUT2D eigenvalue weighted by Crippen LogP contribution is 2.11. The van der Waals surface area contributed by atoms with Gasteiger partial charge in [-0.15, -0.1) is 0 Å². The van der Waals surface area contributed by atoms with Crippen LogP contribution in [-0.4, -0.2) is 44.4 Å². The molecule has 0 amide bonds. The van der Waals surface area contributed by atoms with E-state index >= 15 is 0 Å². The Morgan fingerprint density at radius 2 is 2.06 bits per heavy atom. The zero-order chi connectivity index (χ0) is 13.4. The van der Waals surface area contributed by atoms with E-state index in [9.17, 15) is 4.79 Å². The van der Waals surface area contributed by atoms with Crippen LogP contribution in [0.5, 0.6) is 5.75 Å². The summed E-state index contributed by atoms with van der Waals surface area (Å²) < 4.78 is 5.08. The largest absolute Gasteiger partial charge is 0.497 e. The maximum absolute atomic E-state index is 10.7.